The average molecular weight is 279 g/mol. The van der Waals surface area contributed by atoms with Gasteiger partial charge in [-0.2, -0.15) is 0 Å². The Kier molecular flexibility index (Phi) is 4.20. The molecule has 0 aromatic carbocycles. The number of guanidine groups is 1. The monoisotopic (exact) mass is 279 g/mol. The minimum Gasteiger partial charge on any atom is -0.393 e. The van der Waals surface area contributed by atoms with E-state index < -0.39 is 0 Å². The van der Waals surface area contributed by atoms with Crippen molar-refractivity contribution in [2.45, 2.75) is 58.0 Å². The predicted octanol–water partition coefficient (Wildman–Crippen LogP) is 1.99. The molecule has 20 heavy (non-hydrogen) atoms. The zero-order chi connectivity index (χ0) is 14.0. The largest absolute Gasteiger partial charge is 0.393 e. The van der Waals surface area contributed by atoms with Crippen LogP contribution in [0.2, 0.25) is 0 Å². The molecule has 2 saturated carbocycles. The van der Waals surface area contributed by atoms with E-state index in [4.69, 9.17) is 4.99 Å². The molecule has 3 fully saturated rings. The summed E-state index contributed by atoms with van der Waals surface area (Å²) in [5.41, 5.74) is 0.552. The van der Waals surface area contributed by atoms with Gasteiger partial charge < -0.3 is 15.3 Å². The molecule has 1 aliphatic heterocycles. The summed E-state index contributed by atoms with van der Waals surface area (Å²) in [4.78, 5) is 7.30. The zero-order valence-electron chi connectivity index (χ0n) is 12.8. The average Bonchev–Trinajstić information content (AvgIpc) is 3.22. The first-order chi connectivity index (χ1) is 9.73. The van der Waals surface area contributed by atoms with Crippen LogP contribution in [0.4, 0.5) is 0 Å². The lowest BCUT2D eigenvalue weighted by Crippen LogP contribution is -2.47. The number of aliphatic imine (C=N–C) groups is 1. The first kappa shape index (κ1) is 14.2. The highest BCUT2D eigenvalue weighted by atomic mass is 16.3. The van der Waals surface area contributed by atoms with E-state index in [9.17, 15) is 5.11 Å². The molecule has 0 unspecified atom stereocenters. The SMILES string of the molecule is CCNC(=NCC1(C2CC2)CCC1)N1CCC(O)CC1. The normalized spacial score (nSPS) is 27.3. The molecular formula is C16H29N3O. The molecular weight excluding hydrogens is 250 g/mol. The van der Waals surface area contributed by atoms with Crippen LogP contribution in [0.3, 0.4) is 0 Å². The molecule has 0 aromatic heterocycles. The molecule has 0 bridgehead atoms. The first-order valence-electron chi connectivity index (χ1n) is 8.45. The van der Waals surface area contributed by atoms with Crippen molar-refractivity contribution in [2.24, 2.45) is 16.3 Å². The third kappa shape index (κ3) is 2.95. The summed E-state index contributed by atoms with van der Waals surface area (Å²) in [5, 5.41) is 13.1. The Bertz CT molecular complexity index is 353. The maximum Gasteiger partial charge on any atom is 0.193 e. The Hall–Kier alpha value is -0.770. The van der Waals surface area contributed by atoms with Gasteiger partial charge in [0.1, 0.15) is 0 Å². The lowest BCUT2D eigenvalue weighted by Gasteiger charge is -2.42. The van der Waals surface area contributed by atoms with Crippen molar-refractivity contribution in [2.75, 3.05) is 26.2 Å². The van der Waals surface area contributed by atoms with Crippen LogP contribution in [0, 0.1) is 11.3 Å². The summed E-state index contributed by atoms with van der Waals surface area (Å²) < 4.78 is 0. The van der Waals surface area contributed by atoms with Crippen LogP contribution in [0.5, 0.6) is 0 Å². The first-order valence-corrected chi connectivity index (χ1v) is 8.45. The fourth-order valence-corrected chi connectivity index (χ4v) is 3.76. The molecule has 114 valence electrons. The van der Waals surface area contributed by atoms with Gasteiger partial charge in [0.05, 0.1) is 6.10 Å². The van der Waals surface area contributed by atoms with E-state index in [-0.39, 0.29) is 6.10 Å². The van der Waals surface area contributed by atoms with Crippen molar-refractivity contribution in [1.29, 1.82) is 0 Å². The number of piperidine rings is 1. The molecule has 2 N–H and O–H groups in total. The fourth-order valence-electron chi connectivity index (χ4n) is 3.76. The van der Waals surface area contributed by atoms with Crippen LogP contribution >= 0.6 is 0 Å². The number of rotatable bonds is 4. The van der Waals surface area contributed by atoms with Crippen LogP contribution in [0.15, 0.2) is 4.99 Å². The number of nitrogens with one attached hydrogen (secondary N) is 1. The highest BCUT2D eigenvalue weighted by Gasteiger charge is 2.48. The van der Waals surface area contributed by atoms with E-state index in [0.29, 0.717) is 5.41 Å². The van der Waals surface area contributed by atoms with Gasteiger partial charge in [-0.1, -0.05) is 6.42 Å². The van der Waals surface area contributed by atoms with Gasteiger partial charge in [-0.15, -0.1) is 0 Å². The second kappa shape index (κ2) is 5.92. The Labute approximate surface area is 122 Å². The van der Waals surface area contributed by atoms with Crippen LogP contribution in [0.25, 0.3) is 0 Å². The molecule has 3 rings (SSSR count). The lowest BCUT2D eigenvalue weighted by molar-refractivity contribution is 0.104. The molecule has 2 aliphatic carbocycles. The summed E-state index contributed by atoms with van der Waals surface area (Å²) in [6, 6.07) is 0. The van der Waals surface area contributed by atoms with Gasteiger partial charge in [0.25, 0.3) is 0 Å². The van der Waals surface area contributed by atoms with E-state index in [1.54, 1.807) is 0 Å². The van der Waals surface area contributed by atoms with Crippen LogP contribution in [-0.2, 0) is 0 Å². The summed E-state index contributed by atoms with van der Waals surface area (Å²) in [5.74, 6) is 2.04. The number of aliphatic hydroxyl groups excluding tert-OH is 1. The number of hydrogen-bond donors (Lipinski definition) is 2. The third-order valence-electron chi connectivity index (χ3n) is 5.44. The van der Waals surface area contributed by atoms with Crippen molar-refractivity contribution in [3.8, 4) is 0 Å². The van der Waals surface area contributed by atoms with Gasteiger partial charge in [-0.3, -0.25) is 4.99 Å². The number of aliphatic hydroxyl groups is 1. The summed E-state index contributed by atoms with van der Waals surface area (Å²) in [6.07, 6.45) is 8.68. The van der Waals surface area contributed by atoms with Crippen molar-refractivity contribution in [1.82, 2.24) is 10.2 Å². The standard InChI is InChI=1S/C16H29N3O/c1-2-17-15(19-10-6-14(20)7-11-19)18-12-16(8-3-9-16)13-4-5-13/h13-14,20H,2-12H2,1H3,(H,17,18). The van der Waals surface area contributed by atoms with E-state index in [1.807, 2.05) is 0 Å². The minimum atomic E-state index is -0.112. The number of hydrogen-bond acceptors (Lipinski definition) is 2. The van der Waals surface area contributed by atoms with Crippen molar-refractivity contribution < 1.29 is 5.11 Å². The van der Waals surface area contributed by atoms with Gasteiger partial charge >= 0.3 is 0 Å². The van der Waals surface area contributed by atoms with Crippen LogP contribution < -0.4 is 5.32 Å². The van der Waals surface area contributed by atoms with E-state index in [0.717, 1.165) is 50.9 Å². The summed E-state index contributed by atoms with van der Waals surface area (Å²) >= 11 is 0. The fraction of sp³-hybridized carbons (Fsp3) is 0.938. The molecule has 0 amide bonds. The van der Waals surface area contributed by atoms with Crippen molar-refractivity contribution in [3.05, 3.63) is 0 Å². The molecule has 3 aliphatic rings. The lowest BCUT2D eigenvalue weighted by atomic mass is 9.65. The third-order valence-corrected chi connectivity index (χ3v) is 5.44. The Morgan fingerprint density at radius 1 is 1.25 bits per heavy atom. The van der Waals surface area contributed by atoms with Gasteiger partial charge in [0, 0.05) is 26.2 Å². The summed E-state index contributed by atoms with van der Waals surface area (Å²) in [6.45, 7) is 5.94. The second-order valence-electron chi connectivity index (χ2n) is 6.88. The molecule has 4 heteroatoms. The molecule has 0 aromatic rings. The minimum absolute atomic E-state index is 0.112. The van der Waals surface area contributed by atoms with Gasteiger partial charge in [-0.05, 0) is 56.8 Å². The van der Waals surface area contributed by atoms with Gasteiger partial charge in [0.2, 0.25) is 0 Å². The van der Waals surface area contributed by atoms with E-state index in [2.05, 4.69) is 17.1 Å². The van der Waals surface area contributed by atoms with Crippen LogP contribution in [-0.4, -0.2) is 48.2 Å². The molecule has 0 radical (unpaired) electrons. The highest BCUT2D eigenvalue weighted by Crippen LogP contribution is 2.57. The topological polar surface area (TPSA) is 47.9 Å². The predicted molar refractivity (Wildman–Crippen MR) is 81.8 cm³/mol. The molecule has 1 heterocycles. The van der Waals surface area contributed by atoms with Gasteiger partial charge in [-0.25, -0.2) is 0 Å². The highest BCUT2D eigenvalue weighted by molar-refractivity contribution is 5.80. The zero-order valence-corrected chi connectivity index (χ0v) is 12.8. The van der Waals surface area contributed by atoms with E-state index in [1.165, 1.54) is 32.1 Å². The molecule has 0 spiro atoms. The van der Waals surface area contributed by atoms with Crippen molar-refractivity contribution >= 4 is 5.96 Å². The van der Waals surface area contributed by atoms with E-state index >= 15 is 0 Å². The Morgan fingerprint density at radius 3 is 2.45 bits per heavy atom. The van der Waals surface area contributed by atoms with Crippen LogP contribution in [0.1, 0.15) is 51.9 Å². The molecule has 0 atom stereocenters. The maximum atomic E-state index is 9.64. The molecule has 4 nitrogen and oxygen atoms in total. The Morgan fingerprint density at radius 2 is 1.95 bits per heavy atom. The van der Waals surface area contributed by atoms with Gasteiger partial charge in [0.15, 0.2) is 5.96 Å². The Balaban J connectivity index is 1.61. The molecule has 1 saturated heterocycles. The second-order valence-corrected chi connectivity index (χ2v) is 6.88. The number of likely N-dealkylation sites (tertiary alicyclic amines) is 1. The number of nitrogens with zero attached hydrogens (tertiary/aromatic N) is 2. The summed E-state index contributed by atoms with van der Waals surface area (Å²) in [7, 11) is 0. The maximum absolute atomic E-state index is 9.64. The quantitative estimate of drug-likeness (QED) is 0.611. The smallest absolute Gasteiger partial charge is 0.193 e. The van der Waals surface area contributed by atoms with Crippen molar-refractivity contribution in [3.63, 3.8) is 0 Å².